The highest BCUT2D eigenvalue weighted by Crippen LogP contribution is 2.27. The topological polar surface area (TPSA) is 79.6 Å². The number of nitrogens with one attached hydrogen (secondary N) is 1. The molecule has 2 aromatic carbocycles. The molecular formula is C26H28N2O4. The van der Waals surface area contributed by atoms with Gasteiger partial charge in [0.25, 0.3) is 5.91 Å². The molecule has 1 saturated heterocycles. The van der Waals surface area contributed by atoms with E-state index in [-0.39, 0.29) is 17.2 Å². The van der Waals surface area contributed by atoms with Crippen LogP contribution >= 0.6 is 0 Å². The quantitative estimate of drug-likeness (QED) is 0.589. The van der Waals surface area contributed by atoms with Crippen LogP contribution in [-0.2, 0) is 4.79 Å². The highest BCUT2D eigenvalue weighted by Gasteiger charge is 2.19. The predicted octanol–water partition coefficient (Wildman–Crippen LogP) is 4.29. The minimum Gasteiger partial charge on any atom is -0.455 e. The molecule has 1 fully saturated rings. The van der Waals surface area contributed by atoms with Crippen molar-refractivity contribution in [3.05, 3.63) is 69.9 Å². The summed E-state index contributed by atoms with van der Waals surface area (Å²) in [5, 5.41) is 3.31. The maximum absolute atomic E-state index is 13.0. The molecule has 1 aromatic heterocycles. The average molecular weight is 433 g/mol. The fourth-order valence-electron chi connectivity index (χ4n) is 4.20. The van der Waals surface area contributed by atoms with E-state index >= 15 is 0 Å². The Morgan fingerprint density at radius 3 is 2.66 bits per heavy atom. The van der Waals surface area contributed by atoms with E-state index in [4.69, 9.17) is 4.42 Å². The molecule has 166 valence electrons. The Labute approximate surface area is 187 Å². The number of nitrogens with zero attached hydrogens (tertiary/aromatic N) is 1. The molecule has 2 heterocycles. The van der Waals surface area contributed by atoms with Crippen molar-refractivity contribution in [1.29, 1.82) is 0 Å². The van der Waals surface area contributed by atoms with Crippen LogP contribution in [0.1, 0.15) is 48.0 Å². The summed E-state index contributed by atoms with van der Waals surface area (Å²) < 4.78 is 6.13. The molecule has 0 saturated carbocycles. The molecule has 0 aliphatic carbocycles. The first-order valence-electron chi connectivity index (χ1n) is 11.2. The second-order valence-corrected chi connectivity index (χ2v) is 8.23. The van der Waals surface area contributed by atoms with Gasteiger partial charge in [0.1, 0.15) is 5.76 Å². The molecule has 0 unspecified atom stereocenters. The molecule has 2 amide bonds. The number of likely N-dealkylation sites (tertiary alicyclic amines) is 1. The van der Waals surface area contributed by atoms with Crippen molar-refractivity contribution < 1.29 is 14.0 Å². The van der Waals surface area contributed by atoms with Gasteiger partial charge in [0, 0.05) is 37.2 Å². The van der Waals surface area contributed by atoms with Crippen molar-refractivity contribution in [2.75, 3.05) is 19.6 Å². The average Bonchev–Trinajstić information content (AvgIpc) is 3.03. The first-order chi connectivity index (χ1) is 15.6. The fraction of sp³-hybridized carbons (Fsp3) is 0.346. The molecule has 1 N–H and O–H groups in total. The van der Waals surface area contributed by atoms with Gasteiger partial charge in [-0.3, -0.25) is 14.4 Å². The Balaban J connectivity index is 1.52. The summed E-state index contributed by atoms with van der Waals surface area (Å²) in [5.74, 6) is 0.389. The molecule has 0 atom stereocenters. The molecule has 6 heteroatoms. The third-order valence-electron chi connectivity index (χ3n) is 5.99. The second-order valence-electron chi connectivity index (χ2n) is 8.23. The lowest BCUT2D eigenvalue weighted by Gasteiger charge is -2.20. The van der Waals surface area contributed by atoms with Gasteiger partial charge in [-0.25, -0.2) is 0 Å². The Kier molecular flexibility index (Phi) is 6.69. The fourth-order valence-corrected chi connectivity index (χ4v) is 4.20. The lowest BCUT2D eigenvalue weighted by molar-refractivity contribution is -0.130. The first-order valence-corrected chi connectivity index (χ1v) is 11.2. The van der Waals surface area contributed by atoms with E-state index in [1.54, 1.807) is 25.1 Å². The monoisotopic (exact) mass is 432 g/mol. The van der Waals surface area contributed by atoms with Gasteiger partial charge in [0.15, 0.2) is 11.0 Å². The number of carbonyl (C=O) groups excluding carboxylic acids is 2. The number of fused-ring (bicyclic) bond motifs is 1. The van der Waals surface area contributed by atoms with Gasteiger partial charge < -0.3 is 14.6 Å². The molecule has 4 rings (SSSR count). The number of hydrogen-bond acceptors (Lipinski definition) is 4. The molecule has 6 nitrogen and oxygen atoms in total. The van der Waals surface area contributed by atoms with Crippen LogP contribution < -0.4 is 10.7 Å². The maximum atomic E-state index is 13.0. The number of benzene rings is 2. The Hall–Kier alpha value is -3.41. The van der Waals surface area contributed by atoms with Crippen LogP contribution in [-0.4, -0.2) is 36.3 Å². The molecule has 1 aliphatic heterocycles. The Bertz CT molecular complexity index is 1180. The summed E-state index contributed by atoms with van der Waals surface area (Å²) in [5.41, 5.74) is 1.80. The van der Waals surface area contributed by atoms with Crippen molar-refractivity contribution in [2.24, 2.45) is 0 Å². The molecule has 0 spiro atoms. The highest BCUT2D eigenvalue weighted by atomic mass is 16.3. The van der Waals surface area contributed by atoms with Gasteiger partial charge in [0.2, 0.25) is 5.91 Å². The number of rotatable bonds is 6. The van der Waals surface area contributed by atoms with Crippen LogP contribution in [0.4, 0.5) is 0 Å². The lowest BCUT2D eigenvalue weighted by atomic mass is 10.0. The summed E-state index contributed by atoms with van der Waals surface area (Å²) in [6.45, 7) is 3.62. The minimum absolute atomic E-state index is 0.139. The van der Waals surface area contributed by atoms with Gasteiger partial charge >= 0.3 is 0 Å². The lowest BCUT2D eigenvalue weighted by Crippen LogP contribution is -2.34. The third kappa shape index (κ3) is 4.59. The molecule has 1 aliphatic rings. The summed E-state index contributed by atoms with van der Waals surface area (Å²) >= 11 is 0. The smallest absolute Gasteiger partial charge is 0.255 e. The van der Waals surface area contributed by atoms with Crippen LogP contribution in [0.3, 0.4) is 0 Å². The summed E-state index contributed by atoms with van der Waals surface area (Å²) in [7, 11) is 0. The zero-order valence-electron chi connectivity index (χ0n) is 18.4. The number of hydrogen-bond donors (Lipinski definition) is 1. The van der Waals surface area contributed by atoms with Crippen LogP contribution in [0, 0.1) is 6.92 Å². The van der Waals surface area contributed by atoms with E-state index in [2.05, 4.69) is 5.32 Å². The van der Waals surface area contributed by atoms with Gasteiger partial charge in [-0.15, -0.1) is 0 Å². The summed E-state index contributed by atoms with van der Waals surface area (Å²) in [6.07, 6.45) is 4.39. The van der Waals surface area contributed by atoms with Crippen molar-refractivity contribution >= 4 is 22.8 Å². The van der Waals surface area contributed by atoms with Crippen molar-refractivity contribution in [3.63, 3.8) is 0 Å². The number of amides is 2. The van der Waals surface area contributed by atoms with Crippen LogP contribution in [0.25, 0.3) is 22.3 Å². The van der Waals surface area contributed by atoms with Gasteiger partial charge in [-0.05, 0) is 38.3 Å². The van der Waals surface area contributed by atoms with Gasteiger partial charge in [0.05, 0.1) is 10.9 Å². The molecule has 3 aromatic rings. The van der Waals surface area contributed by atoms with Crippen LogP contribution in [0.2, 0.25) is 0 Å². The minimum atomic E-state index is -0.288. The Morgan fingerprint density at radius 1 is 1.03 bits per heavy atom. The van der Waals surface area contributed by atoms with Crippen molar-refractivity contribution in [1.82, 2.24) is 10.2 Å². The largest absolute Gasteiger partial charge is 0.455 e. The SMILES string of the molecule is Cc1c(-c2ccccc2)oc2c(C(=O)NCCCN3CCCCCC3=O)cccc2c1=O. The summed E-state index contributed by atoms with van der Waals surface area (Å²) in [4.78, 5) is 39.9. The van der Waals surface area contributed by atoms with Crippen molar-refractivity contribution in [2.45, 2.75) is 39.0 Å². The van der Waals surface area contributed by atoms with Gasteiger partial charge in [-0.2, -0.15) is 0 Å². The van der Waals surface area contributed by atoms with Crippen molar-refractivity contribution in [3.8, 4) is 11.3 Å². The van der Waals surface area contributed by atoms with E-state index in [0.717, 1.165) is 31.4 Å². The van der Waals surface area contributed by atoms with Crippen LogP contribution in [0.15, 0.2) is 57.7 Å². The van der Waals surface area contributed by atoms with E-state index in [1.165, 1.54) is 0 Å². The molecular weight excluding hydrogens is 404 g/mol. The normalized spacial score (nSPS) is 14.4. The zero-order valence-corrected chi connectivity index (χ0v) is 18.4. The third-order valence-corrected chi connectivity index (χ3v) is 5.99. The van der Waals surface area contributed by atoms with Gasteiger partial charge in [-0.1, -0.05) is 42.8 Å². The molecule has 32 heavy (non-hydrogen) atoms. The maximum Gasteiger partial charge on any atom is 0.255 e. The second kappa shape index (κ2) is 9.81. The highest BCUT2D eigenvalue weighted by molar-refractivity contribution is 6.05. The van der Waals surface area contributed by atoms with E-state index < -0.39 is 0 Å². The van der Waals surface area contributed by atoms with Crippen LogP contribution in [0.5, 0.6) is 0 Å². The standard InChI is InChI=1S/C26H28N2O4/c1-18-23(30)20-12-8-13-21(25(20)32-24(18)19-10-4-2-5-11-19)26(31)27-15-9-17-28-16-7-3-6-14-22(28)29/h2,4-5,8,10-13H,3,6-7,9,14-17H2,1H3,(H,27,31). The summed E-state index contributed by atoms with van der Waals surface area (Å²) in [6, 6.07) is 14.5. The number of para-hydroxylation sites is 1. The number of carbonyl (C=O) groups is 2. The van der Waals surface area contributed by atoms with E-state index in [1.807, 2.05) is 35.2 Å². The predicted molar refractivity (Wildman–Crippen MR) is 125 cm³/mol. The first kappa shape index (κ1) is 21.8. The Morgan fingerprint density at radius 2 is 1.84 bits per heavy atom. The zero-order chi connectivity index (χ0) is 22.5. The van der Waals surface area contributed by atoms with E-state index in [9.17, 15) is 14.4 Å². The molecule has 0 bridgehead atoms. The van der Waals surface area contributed by atoms with E-state index in [0.29, 0.717) is 53.8 Å². The molecule has 0 radical (unpaired) electrons.